The van der Waals surface area contributed by atoms with Crippen LogP contribution in [0.3, 0.4) is 0 Å². The van der Waals surface area contributed by atoms with Crippen LogP contribution in [0.15, 0.2) is 30.3 Å². The molecule has 41 heavy (non-hydrogen) atoms. The first-order chi connectivity index (χ1) is 19.1. The lowest BCUT2D eigenvalue weighted by atomic mass is 10.0. The SMILES string of the molecule is CC(C)(C)[Si](C)(C)OCCCCCCC(CCCCCOC1COC(c2ccccc2)OC1)O[Si](C)(C)C(C)(C)C. The van der Waals surface area contributed by atoms with Gasteiger partial charge in [0.2, 0.25) is 0 Å². The van der Waals surface area contributed by atoms with Gasteiger partial charge in [-0.3, -0.25) is 0 Å². The van der Waals surface area contributed by atoms with Crippen LogP contribution in [0.4, 0.5) is 0 Å². The summed E-state index contributed by atoms with van der Waals surface area (Å²) in [5, 5.41) is 0.530. The van der Waals surface area contributed by atoms with E-state index in [0.717, 1.165) is 31.6 Å². The standard InChI is InChI=1S/C34H64O5Si2/c1-33(2,3)40(7,8)38-26-20-12-11-17-23-30(39-41(9,10)34(4,5)6)24-18-14-19-25-35-31-27-36-32(37-28-31)29-21-15-13-16-22-29/h13,15-16,21-22,30-32H,11-12,14,17-20,23-28H2,1-10H3. The smallest absolute Gasteiger partial charge is 0.192 e. The maximum atomic E-state index is 6.92. The van der Waals surface area contributed by atoms with E-state index in [4.69, 9.17) is 23.1 Å². The van der Waals surface area contributed by atoms with Crippen LogP contribution in [0, 0.1) is 0 Å². The van der Waals surface area contributed by atoms with E-state index < -0.39 is 16.6 Å². The van der Waals surface area contributed by atoms with Crippen LogP contribution in [0.5, 0.6) is 0 Å². The lowest BCUT2D eigenvalue weighted by Gasteiger charge is -2.39. The fourth-order valence-electron chi connectivity index (χ4n) is 4.51. The summed E-state index contributed by atoms with van der Waals surface area (Å²) in [4.78, 5) is 0. The molecule has 1 aliphatic rings. The Balaban J connectivity index is 1.65. The van der Waals surface area contributed by atoms with Gasteiger partial charge in [0, 0.05) is 24.9 Å². The maximum Gasteiger partial charge on any atom is 0.192 e. The minimum absolute atomic E-state index is 0.0249. The number of ether oxygens (including phenoxy) is 3. The van der Waals surface area contributed by atoms with Crippen molar-refractivity contribution >= 4 is 16.6 Å². The number of rotatable bonds is 18. The van der Waals surface area contributed by atoms with Crippen LogP contribution >= 0.6 is 0 Å². The van der Waals surface area contributed by atoms with Gasteiger partial charge in [0.25, 0.3) is 0 Å². The highest BCUT2D eigenvalue weighted by Gasteiger charge is 2.39. The molecular formula is C34H64O5Si2. The van der Waals surface area contributed by atoms with Gasteiger partial charge in [-0.25, -0.2) is 0 Å². The average molecular weight is 609 g/mol. The second kappa shape index (κ2) is 17.1. The van der Waals surface area contributed by atoms with Crippen molar-refractivity contribution in [1.29, 1.82) is 0 Å². The third-order valence-corrected chi connectivity index (χ3v) is 18.5. The number of benzene rings is 1. The van der Waals surface area contributed by atoms with Crippen molar-refractivity contribution in [3.05, 3.63) is 35.9 Å². The average Bonchev–Trinajstić information content (AvgIpc) is 2.89. The molecule has 0 amide bonds. The summed E-state index contributed by atoms with van der Waals surface area (Å²) in [7, 11) is -3.41. The van der Waals surface area contributed by atoms with Crippen molar-refractivity contribution in [3.8, 4) is 0 Å². The molecule has 0 bridgehead atoms. The van der Waals surface area contributed by atoms with Crippen LogP contribution in [0.25, 0.3) is 0 Å². The molecular weight excluding hydrogens is 545 g/mol. The summed E-state index contributed by atoms with van der Waals surface area (Å²) in [6, 6.07) is 10.1. The van der Waals surface area contributed by atoms with Gasteiger partial charge in [0.1, 0.15) is 6.10 Å². The molecule has 0 N–H and O–H groups in total. The maximum absolute atomic E-state index is 6.92. The largest absolute Gasteiger partial charge is 0.417 e. The van der Waals surface area contributed by atoms with Gasteiger partial charge in [-0.05, 0) is 61.9 Å². The number of hydrogen-bond acceptors (Lipinski definition) is 5. The molecule has 2 rings (SSSR count). The van der Waals surface area contributed by atoms with Crippen molar-refractivity contribution in [1.82, 2.24) is 0 Å². The molecule has 1 saturated heterocycles. The molecule has 5 nitrogen and oxygen atoms in total. The van der Waals surface area contributed by atoms with E-state index in [1.165, 1.54) is 44.9 Å². The molecule has 0 spiro atoms. The summed E-state index contributed by atoms with van der Waals surface area (Å²) in [6.45, 7) is 26.3. The Morgan fingerprint density at radius 1 is 0.707 bits per heavy atom. The summed E-state index contributed by atoms with van der Waals surface area (Å²) < 4.78 is 31.1. The Hall–Kier alpha value is -0.546. The fraction of sp³-hybridized carbons (Fsp3) is 0.824. The van der Waals surface area contributed by atoms with E-state index in [1.807, 2.05) is 30.3 Å². The normalized spacial score (nSPS) is 19.9. The monoisotopic (exact) mass is 608 g/mol. The summed E-state index contributed by atoms with van der Waals surface area (Å²) in [5.74, 6) is 0. The van der Waals surface area contributed by atoms with Gasteiger partial charge >= 0.3 is 0 Å². The molecule has 1 atom stereocenters. The van der Waals surface area contributed by atoms with Crippen molar-refractivity contribution in [2.24, 2.45) is 0 Å². The molecule has 0 aromatic heterocycles. The first-order valence-corrected chi connectivity index (χ1v) is 22.2. The summed E-state index contributed by atoms with van der Waals surface area (Å²) in [5.41, 5.74) is 1.07. The predicted molar refractivity (Wildman–Crippen MR) is 178 cm³/mol. The topological polar surface area (TPSA) is 46.2 Å². The Morgan fingerprint density at radius 2 is 1.22 bits per heavy atom. The molecule has 1 aromatic carbocycles. The van der Waals surface area contributed by atoms with Gasteiger partial charge in [-0.2, -0.15) is 0 Å². The highest BCUT2D eigenvalue weighted by molar-refractivity contribution is 6.74. The third kappa shape index (κ3) is 13.3. The zero-order valence-electron chi connectivity index (χ0n) is 28.4. The fourth-order valence-corrected chi connectivity index (χ4v) is 7.02. The van der Waals surface area contributed by atoms with E-state index in [2.05, 4.69) is 67.7 Å². The van der Waals surface area contributed by atoms with E-state index in [9.17, 15) is 0 Å². The van der Waals surface area contributed by atoms with Gasteiger partial charge in [-0.15, -0.1) is 0 Å². The first-order valence-electron chi connectivity index (χ1n) is 16.3. The third-order valence-electron chi connectivity index (χ3n) is 9.42. The zero-order chi connectivity index (χ0) is 30.6. The van der Waals surface area contributed by atoms with Crippen LogP contribution < -0.4 is 0 Å². The molecule has 238 valence electrons. The lowest BCUT2D eigenvalue weighted by Crippen LogP contribution is -2.44. The van der Waals surface area contributed by atoms with Gasteiger partial charge in [0.05, 0.1) is 13.2 Å². The Kier molecular flexibility index (Phi) is 15.3. The molecule has 0 radical (unpaired) electrons. The molecule has 1 fully saturated rings. The summed E-state index contributed by atoms with van der Waals surface area (Å²) >= 11 is 0. The van der Waals surface area contributed by atoms with E-state index in [0.29, 0.717) is 19.3 Å². The van der Waals surface area contributed by atoms with Crippen LogP contribution in [0.1, 0.15) is 111 Å². The second-order valence-corrected chi connectivity index (χ2v) is 24.6. The highest BCUT2D eigenvalue weighted by atomic mass is 28.4. The minimum atomic E-state index is -1.78. The minimum Gasteiger partial charge on any atom is -0.417 e. The van der Waals surface area contributed by atoms with E-state index >= 15 is 0 Å². The Labute approximate surface area is 255 Å². The zero-order valence-corrected chi connectivity index (χ0v) is 30.4. The molecule has 1 aliphatic heterocycles. The van der Waals surface area contributed by atoms with Crippen LogP contribution in [-0.4, -0.2) is 55.3 Å². The van der Waals surface area contributed by atoms with E-state index in [-0.39, 0.29) is 22.5 Å². The molecule has 0 saturated carbocycles. The molecule has 0 aliphatic carbocycles. The van der Waals surface area contributed by atoms with Crippen LogP contribution in [0.2, 0.25) is 36.3 Å². The molecule has 1 heterocycles. The number of hydrogen-bond donors (Lipinski definition) is 0. The van der Waals surface area contributed by atoms with E-state index in [1.54, 1.807) is 0 Å². The molecule has 7 heteroatoms. The number of unbranched alkanes of at least 4 members (excludes halogenated alkanes) is 5. The predicted octanol–water partition coefficient (Wildman–Crippen LogP) is 10.0. The summed E-state index contributed by atoms with van der Waals surface area (Å²) in [6.07, 6.45) is 10.8. The van der Waals surface area contributed by atoms with Gasteiger partial charge < -0.3 is 23.1 Å². The Morgan fingerprint density at radius 3 is 1.78 bits per heavy atom. The van der Waals surface area contributed by atoms with Crippen molar-refractivity contribution in [2.75, 3.05) is 26.4 Å². The lowest BCUT2D eigenvalue weighted by molar-refractivity contribution is -0.230. The molecule has 1 unspecified atom stereocenters. The quantitative estimate of drug-likeness (QED) is 0.123. The van der Waals surface area contributed by atoms with Gasteiger partial charge in [0.15, 0.2) is 22.9 Å². The second-order valence-electron chi connectivity index (χ2n) is 15.1. The highest BCUT2D eigenvalue weighted by Crippen LogP contribution is 2.39. The Bertz CT molecular complexity index is 824. The van der Waals surface area contributed by atoms with Gasteiger partial charge in [-0.1, -0.05) is 104 Å². The van der Waals surface area contributed by atoms with Crippen molar-refractivity contribution in [3.63, 3.8) is 0 Å². The molecule has 1 aromatic rings. The first kappa shape index (κ1) is 36.6. The van der Waals surface area contributed by atoms with Crippen LogP contribution in [-0.2, 0) is 23.1 Å². The van der Waals surface area contributed by atoms with Crippen molar-refractivity contribution < 1.29 is 23.1 Å². The van der Waals surface area contributed by atoms with Crippen molar-refractivity contribution in [2.45, 2.75) is 154 Å².